The first kappa shape index (κ1) is 16.9. The fourth-order valence-electron chi connectivity index (χ4n) is 3.52. The molecule has 0 spiro atoms. The van der Waals surface area contributed by atoms with Gasteiger partial charge in [0.15, 0.2) is 15.0 Å². The number of amidine groups is 1. The number of carbonyl (C=O) groups excluding carboxylic acids is 1. The van der Waals surface area contributed by atoms with Gasteiger partial charge in [-0.3, -0.25) is 9.79 Å². The van der Waals surface area contributed by atoms with Gasteiger partial charge in [-0.2, -0.15) is 0 Å². The quantitative estimate of drug-likeness (QED) is 0.849. The molecule has 0 radical (unpaired) electrons. The number of anilines is 1. The average Bonchev–Trinajstić information content (AvgIpc) is 3.23. The predicted octanol–water partition coefficient (Wildman–Crippen LogP) is 1.91. The summed E-state index contributed by atoms with van der Waals surface area (Å²) in [5, 5.41) is 4.06. The highest BCUT2D eigenvalue weighted by Gasteiger charge is 2.42. The largest absolute Gasteiger partial charge is 0.339 e. The molecule has 3 aliphatic heterocycles. The summed E-state index contributed by atoms with van der Waals surface area (Å²) in [4.78, 5) is 19.0. The van der Waals surface area contributed by atoms with Crippen LogP contribution in [0.15, 0.2) is 23.2 Å². The van der Waals surface area contributed by atoms with Gasteiger partial charge in [0, 0.05) is 29.6 Å². The molecule has 2 fully saturated rings. The van der Waals surface area contributed by atoms with Crippen molar-refractivity contribution in [2.45, 2.75) is 31.1 Å². The third-order valence-electron chi connectivity index (χ3n) is 4.94. The van der Waals surface area contributed by atoms with Crippen molar-refractivity contribution in [3.8, 4) is 0 Å². The number of carbonyl (C=O) groups is 1. The van der Waals surface area contributed by atoms with Gasteiger partial charge < -0.3 is 10.2 Å². The van der Waals surface area contributed by atoms with Crippen molar-refractivity contribution in [3.63, 3.8) is 0 Å². The van der Waals surface area contributed by atoms with Crippen molar-refractivity contribution in [1.29, 1.82) is 0 Å². The number of nitrogens with one attached hydrogen (secondary N) is 1. The van der Waals surface area contributed by atoms with E-state index < -0.39 is 9.84 Å². The third kappa shape index (κ3) is 3.42. The molecule has 134 valence electrons. The van der Waals surface area contributed by atoms with Gasteiger partial charge in [-0.25, -0.2) is 8.42 Å². The molecule has 3 aliphatic rings. The van der Waals surface area contributed by atoms with Crippen molar-refractivity contribution < 1.29 is 13.2 Å². The summed E-state index contributed by atoms with van der Waals surface area (Å²) >= 11 is 1.49. The zero-order chi connectivity index (χ0) is 17.6. The van der Waals surface area contributed by atoms with E-state index in [4.69, 9.17) is 0 Å². The van der Waals surface area contributed by atoms with Crippen LogP contribution in [0.25, 0.3) is 0 Å². The number of nitrogens with zero attached hydrogens (tertiary/aromatic N) is 2. The fraction of sp³-hybridized carbons (Fsp3) is 0.529. The Kier molecular flexibility index (Phi) is 4.27. The van der Waals surface area contributed by atoms with Crippen molar-refractivity contribution in [2.24, 2.45) is 4.99 Å². The fourth-order valence-corrected chi connectivity index (χ4v) is 7.19. The lowest BCUT2D eigenvalue weighted by molar-refractivity contribution is 0.0793. The molecule has 8 heteroatoms. The summed E-state index contributed by atoms with van der Waals surface area (Å²) in [5.74, 6) is 0.413. The number of rotatable bonds is 2. The molecule has 0 aromatic heterocycles. The Balaban J connectivity index is 1.51. The first-order valence-corrected chi connectivity index (χ1v) is 11.2. The predicted molar refractivity (Wildman–Crippen MR) is 101 cm³/mol. The van der Waals surface area contributed by atoms with Gasteiger partial charge in [0.25, 0.3) is 5.91 Å². The molecule has 1 N–H and O–H groups in total. The molecular formula is C17H21N3O3S2. The Morgan fingerprint density at radius 3 is 2.76 bits per heavy atom. The standard InChI is InChI=1S/C17H21N3O3S2/c1-11-4-5-12(16(21)20-6-2-3-7-20)8-13(11)18-17-19-14-9-25(22,23)10-15(14)24-17/h4-5,8,14-15H,2-3,6-7,9-10H2,1H3,(H,18,19)/t14-,15+/m1/s1. The van der Waals surface area contributed by atoms with Gasteiger partial charge in [0.2, 0.25) is 0 Å². The summed E-state index contributed by atoms with van der Waals surface area (Å²) in [5.41, 5.74) is 2.58. The molecule has 3 heterocycles. The summed E-state index contributed by atoms with van der Waals surface area (Å²) < 4.78 is 23.3. The van der Waals surface area contributed by atoms with Crippen LogP contribution in [0.1, 0.15) is 28.8 Å². The Morgan fingerprint density at radius 2 is 2.04 bits per heavy atom. The smallest absolute Gasteiger partial charge is 0.253 e. The van der Waals surface area contributed by atoms with E-state index in [9.17, 15) is 13.2 Å². The molecule has 4 rings (SSSR count). The number of benzene rings is 1. The van der Waals surface area contributed by atoms with Crippen LogP contribution in [-0.2, 0) is 9.84 Å². The lowest BCUT2D eigenvalue weighted by Gasteiger charge is -2.17. The first-order chi connectivity index (χ1) is 11.9. The van der Waals surface area contributed by atoms with E-state index in [-0.39, 0.29) is 28.7 Å². The van der Waals surface area contributed by atoms with Crippen molar-refractivity contribution in [1.82, 2.24) is 4.90 Å². The van der Waals surface area contributed by atoms with Gasteiger partial charge in [-0.1, -0.05) is 17.8 Å². The minimum absolute atomic E-state index is 0.0159. The van der Waals surface area contributed by atoms with Crippen molar-refractivity contribution in [2.75, 3.05) is 29.9 Å². The Bertz CT molecular complexity index is 845. The molecule has 1 aromatic rings. The maximum absolute atomic E-state index is 12.6. The number of aliphatic imine (C=N–C) groups is 1. The van der Waals surface area contributed by atoms with Crippen LogP contribution in [0.2, 0.25) is 0 Å². The number of hydrogen-bond donors (Lipinski definition) is 1. The number of fused-ring (bicyclic) bond motifs is 1. The molecule has 2 saturated heterocycles. The van der Waals surface area contributed by atoms with E-state index in [1.807, 2.05) is 30.0 Å². The zero-order valence-electron chi connectivity index (χ0n) is 14.1. The second kappa shape index (κ2) is 6.32. The first-order valence-electron chi connectivity index (χ1n) is 8.53. The van der Waals surface area contributed by atoms with E-state index in [0.29, 0.717) is 5.56 Å². The molecule has 6 nitrogen and oxygen atoms in total. The van der Waals surface area contributed by atoms with Crippen molar-refractivity contribution in [3.05, 3.63) is 29.3 Å². The number of amides is 1. The zero-order valence-corrected chi connectivity index (χ0v) is 15.7. The molecule has 0 unspecified atom stereocenters. The minimum Gasteiger partial charge on any atom is -0.339 e. The van der Waals surface area contributed by atoms with Crippen LogP contribution < -0.4 is 5.32 Å². The SMILES string of the molecule is Cc1ccc(C(=O)N2CCCC2)cc1NC1=N[C@@H]2CS(=O)(=O)C[C@@H]2S1. The highest BCUT2D eigenvalue weighted by Crippen LogP contribution is 2.35. The average molecular weight is 380 g/mol. The van der Waals surface area contributed by atoms with Gasteiger partial charge in [-0.15, -0.1) is 0 Å². The molecule has 1 amide bonds. The van der Waals surface area contributed by atoms with Gasteiger partial charge in [0.05, 0.1) is 17.5 Å². The maximum atomic E-state index is 12.6. The van der Waals surface area contributed by atoms with E-state index >= 15 is 0 Å². The third-order valence-corrected chi connectivity index (χ3v) is 8.08. The van der Waals surface area contributed by atoms with Gasteiger partial charge in [-0.05, 0) is 37.5 Å². The van der Waals surface area contributed by atoms with Crippen LogP contribution in [0.3, 0.4) is 0 Å². The monoisotopic (exact) mass is 379 g/mol. The Hall–Kier alpha value is -1.54. The Morgan fingerprint density at radius 1 is 1.28 bits per heavy atom. The highest BCUT2D eigenvalue weighted by molar-refractivity contribution is 8.15. The topological polar surface area (TPSA) is 78.8 Å². The van der Waals surface area contributed by atoms with E-state index in [1.165, 1.54) is 11.8 Å². The lowest BCUT2D eigenvalue weighted by Crippen LogP contribution is -2.27. The molecule has 2 atom stereocenters. The summed E-state index contributed by atoms with van der Waals surface area (Å²) in [6.07, 6.45) is 2.14. The van der Waals surface area contributed by atoms with E-state index in [1.54, 1.807) is 0 Å². The lowest BCUT2D eigenvalue weighted by atomic mass is 10.1. The molecule has 1 aromatic carbocycles. The number of aryl methyl sites for hydroxylation is 1. The molecule has 0 bridgehead atoms. The second-order valence-corrected chi connectivity index (χ2v) is 10.3. The Labute approximate surface area is 152 Å². The number of hydrogen-bond acceptors (Lipinski definition) is 6. The van der Waals surface area contributed by atoms with Crippen LogP contribution in [0, 0.1) is 6.92 Å². The maximum Gasteiger partial charge on any atom is 0.253 e. The molecule has 0 saturated carbocycles. The van der Waals surface area contributed by atoms with Gasteiger partial charge in [0.1, 0.15) is 0 Å². The number of thioether (sulfide) groups is 1. The van der Waals surface area contributed by atoms with E-state index in [0.717, 1.165) is 42.3 Å². The minimum atomic E-state index is -2.94. The summed E-state index contributed by atoms with van der Waals surface area (Å²) in [7, 11) is -2.94. The highest BCUT2D eigenvalue weighted by atomic mass is 32.2. The van der Waals surface area contributed by atoms with Crippen molar-refractivity contribution >= 4 is 38.4 Å². The molecular weight excluding hydrogens is 358 g/mol. The van der Waals surface area contributed by atoms with Crippen LogP contribution in [-0.4, -0.2) is 60.3 Å². The van der Waals surface area contributed by atoms with Gasteiger partial charge >= 0.3 is 0 Å². The van der Waals surface area contributed by atoms with E-state index in [2.05, 4.69) is 10.3 Å². The molecule has 0 aliphatic carbocycles. The van der Waals surface area contributed by atoms with Crippen LogP contribution >= 0.6 is 11.8 Å². The summed E-state index contributed by atoms with van der Waals surface area (Å²) in [6.45, 7) is 3.64. The van der Waals surface area contributed by atoms with Crippen LogP contribution in [0.4, 0.5) is 5.69 Å². The molecule has 25 heavy (non-hydrogen) atoms. The number of sulfone groups is 1. The normalized spacial score (nSPS) is 27.2. The second-order valence-electron chi connectivity index (χ2n) is 6.89. The number of likely N-dealkylation sites (tertiary alicyclic amines) is 1. The summed E-state index contributed by atoms with van der Waals surface area (Å²) in [6, 6.07) is 5.54. The van der Waals surface area contributed by atoms with Crippen LogP contribution in [0.5, 0.6) is 0 Å².